The van der Waals surface area contributed by atoms with Crippen molar-refractivity contribution in [3.63, 3.8) is 0 Å². The minimum atomic E-state index is -0.0463. The average molecular weight is 313 g/mol. The van der Waals surface area contributed by atoms with Gasteiger partial charge < -0.3 is 10.6 Å². The fourth-order valence-corrected chi connectivity index (χ4v) is 3.03. The summed E-state index contributed by atoms with van der Waals surface area (Å²) >= 11 is 0. The molecule has 0 bridgehead atoms. The Bertz CT molecular complexity index is 646. The molecule has 1 amide bonds. The van der Waals surface area contributed by atoms with Crippen LogP contribution in [0.3, 0.4) is 0 Å². The topological polar surface area (TPSA) is 71.8 Å². The molecule has 1 aliphatic rings. The van der Waals surface area contributed by atoms with Crippen molar-refractivity contribution in [3.05, 3.63) is 41.9 Å². The monoisotopic (exact) mass is 313 g/mol. The van der Waals surface area contributed by atoms with Gasteiger partial charge in [-0.25, -0.2) is 9.67 Å². The third-order valence-electron chi connectivity index (χ3n) is 4.32. The molecule has 6 heteroatoms. The number of carbonyl (C=O) groups excluding carboxylic acids is 1. The fourth-order valence-electron chi connectivity index (χ4n) is 3.03. The second-order valence-electron chi connectivity index (χ2n) is 5.86. The van der Waals surface area contributed by atoms with Crippen molar-refractivity contribution in [2.75, 3.05) is 19.6 Å². The maximum atomic E-state index is 12.4. The highest BCUT2D eigenvalue weighted by molar-refractivity contribution is 5.95. The number of hydrogen-bond donors (Lipinski definition) is 2. The van der Waals surface area contributed by atoms with E-state index in [1.807, 2.05) is 25.1 Å². The van der Waals surface area contributed by atoms with Gasteiger partial charge in [0.05, 0.1) is 17.5 Å². The second kappa shape index (κ2) is 7.37. The second-order valence-corrected chi connectivity index (χ2v) is 5.86. The van der Waals surface area contributed by atoms with Crippen LogP contribution in [0.4, 0.5) is 0 Å². The lowest BCUT2D eigenvalue weighted by Gasteiger charge is -2.10. The van der Waals surface area contributed by atoms with Crippen molar-refractivity contribution in [1.29, 1.82) is 0 Å². The highest BCUT2D eigenvalue weighted by Gasteiger charge is 2.18. The van der Waals surface area contributed by atoms with E-state index in [9.17, 15) is 4.79 Å². The molecule has 6 nitrogen and oxygen atoms in total. The minimum absolute atomic E-state index is 0.0463. The van der Waals surface area contributed by atoms with Gasteiger partial charge in [-0.15, -0.1) is 0 Å². The Morgan fingerprint density at radius 2 is 2.39 bits per heavy atom. The summed E-state index contributed by atoms with van der Waals surface area (Å²) < 4.78 is 1.75. The van der Waals surface area contributed by atoms with Crippen LogP contribution in [0.2, 0.25) is 0 Å². The first-order chi connectivity index (χ1) is 11.3. The molecule has 2 aromatic heterocycles. The van der Waals surface area contributed by atoms with Crippen LogP contribution in [0.15, 0.2) is 30.6 Å². The number of hydrogen-bond acceptors (Lipinski definition) is 4. The zero-order chi connectivity index (χ0) is 16.1. The Kier molecular flexibility index (Phi) is 5.02. The van der Waals surface area contributed by atoms with Crippen LogP contribution in [0.25, 0.3) is 5.82 Å². The lowest BCUT2D eigenvalue weighted by molar-refractivity contribution is 0.0950. The molecule has 3 heterocycles. The van der Waals surface area contributed by atoms with E-state index in [4.69, 9.17) is 0 Å². The molecule has 0 aromatic carbocycles. The van der Waals surface area contributed by atoms with Crippen molar-refractivity contribution in [1.82, 2.24) is 25.4 Å². The molecule has 2 N–H and O–H groups in total. The highest BCUT2D eigenvalue weighted by Crippen LogP contribution is 2.15. The smallest absolute Gasteiger partial charge is 0.254 e. The van der Waals surface area contributed by atoms with Gasteiger partial charge in [0.1, 0.15) is 0 Å². The van der Waals surface area contributed by atoms with Crippen molar-refractivity contribution in [2.24, 2.45) is 5.92 Å². The van der Waals surface area contributed by atoms with Crippen LogP contribution >= 0.6 is 0 Å². The SMILES string of the molecule is CCc1c(C(=O)NCCC2CCNC2)cnn1-c1ccccn1. The summed E-state index contributed by atoms with van der Waals surface area (Å²) in [6.07, 6.45) is 6.32. The Hall–Kier alpha value is -2.21. The van der Waals surface area contributed by atoms with Crippen LogP contribution in [0.1, 0.15) is 35.8 Å². The molecule has 3 rings (SSSR count). The van der Waals surface area contributed by atoms with Crippen LogP contribution in [0, 0.1) is 5.92 Å². The molecule has 122 valence electrons. The molecular weight excluding hydrogens is 290 g/mol. The van der Waals surface area contributed by atoms with E-state index in [1.54, 1.807) is 17.1 Å². The Morgan fingerprint density at radius 3 is 3.09 bits per heavy atom. The first-order valence-electron chi connectivity index (χ1n) is 8.26. The van der Waals surface area contributed by atoms with Gasteiger partial charge in [0.15, 0.2) is 5.82 Å². The van der Waals surface area contributed by atoms with Crippen molar-refractivity contribution >= 4 is 5.91 Å². The maximum Gasteiger partial charge on any atom is 0.254 e. The number of nitrogens with one attached hydrogen (secondary N) is 2. The first-order valence-corrected chi connectivity index (χ1v) is 8.26. The number of nitrogens with zero attached hydrogens (tertiary/aromatic N) is 3. The number of pyridine rings is 1. The van der Waals surface area contributed by atoms with Crippen LogP contribution < -0.4 is 10.6 Å². The Morgan fingerprint density at radius 1 is 1.48 bits per heavy atom. The van der Waals surface area contributed by atoms with Crippen LogP contribution in [-0.2, 0) is 6.42 Å². The summed E-state index contributed by atoms with van der Waals surface area (Å²) in [5.74, 6) is 1.37. The third-order valence-corrected chi connectivity index (χ3v) is 4.32. The van der Waals surface area contributed by atoms with Crippen LogP contribution in [0.5, 0.6) is 0 Å². The van der Waals surface area contributed by atoms with E-state index in [-0.39, 0.29) is 5.91 Å². The number of aromatic nitrogens is 3. The van der Waals surface area contributed by atoms with Gasteiger partial charge in [0.2, 0.25) is 0 Å². The fraction of sp³-hybridized carbons (Fsp3) is 0.471. The van der Waals surface area contributed by atoms with E-state index in [0.717, 1.165) is 37.4 Å². The predicted octanol–water partition coefficient (Wildman–Crippen LogP) is 1.56. The lowest BCUT2D eigenvalue weighted by atomic mass is 10.1. The highest BCUT2D eigenvalue weighted by atomic mass is 16.1. The predicted molar refractivity (Wildman–Crippen MR) is 88.7 cm³/mol. The van der Waals surface area contributed by atoms with Gasteiger partial charge in [0.25, 0.3) is 5.91 Å². The average Bonchev–Trinajstić information content (AvgIpc) is 3.24. The van der Waals surface area contributed by atoms with Crippen molar-refractivity contribution < 1.29 is 4.79 Å². The molecule has 1 aliphatic heterocycles. The molecule has 0 saturated carbocycles. The van der Waals surface area contributed by atoms with Gasteiger partial charge in [-0.05, 0) is 50.4 Å². The zero-order valence-corrected chi connectivity index (χ0v) is 13.5. The number of rotatable bonds is 6. The normalized spacial score (nSPS) is 17.3. The lowest BCUT2D eigenvalue weighted by Crippen LogP contribution is -2.27. The van der Waals surface area contributed by atoms with Gasteiger partial charge in [0, 0.05) is 12.7 Å². The molecule has 1 saturated heterocycles. The van der Waals surface area contributed by atoms with E-state index in [1.165, 1.54) is 6.42 Å². The Balaban J connectivity index is 1.67. The molecule has 0 radical (unpaired) electrons. The largest absolute Gasteiger partial charge is 0.352 e. The number of amides is 1. The van der Waals surface area contributed by atoms with Crippen molar-refractivity contribution in [2.45, 2.75) is 26.2 Å². The van der Waals surface area contributed by atoms with E-state index in [0.29, 0.717) is 18.0 Å². The molecular formula is C17H23N5O. The minimum Gasteiger partial charge on any atom is -0.352 e. The molecule has 0 spiro atoms. The first kappa shape index (κ1) is 15.7. The summed E-state index contributed by atoms with van der Waals surface area (Å²) in [6, 6.07) is 5.67. The Labute approximate surface area is 136 Å². The van der Waals surface area contributed by atoms with Crippen molar-refractivity contribution in [3.8, 4) is 5.82 Å². The van der Waals surface area contributed by atoms with Gasteiger partial charge in [-0.1, -0.05) is 13.0 Å². The van der Waals surface area contributed by atoms with E-state index < -0.39 is 0 Å². The molecule has 1 atom stereocenters. The van der Waals surface area contributed by atoms with E-state index >= 15 is 0 Å². The molecule has 2 aromatic rings. The van der Waals surface area contributed by atoms with Crippen LogP contribution in [-0.4, -0.2) is 40.3 Å². The molecule has 1 unspecified atom stereocenters. The molecule has 23 heavy (non-hydrogen) atoms. The van der Waals surface area contributed by atoms with Gasteiger partial charge >= 0.3 is 0 Å². The number of carbonyl (C=O) groups is 1. The molecule has 1 fully saturated rings. The van der Waals surface area contributed by atoms with E-state index in [2.05, 4.69) is 20.7 Å². The summed E-state index contributed by atoms with van der Waals surface area (Å²) in [6.45, 7) is 4.89. The molecule has 0 aliphatic carbocycles. The third kappa shape index (κ3) is 3.59. The maximum absolute atomic E-state index is 12.4. The standard InChI is InChI=1S/C17H23N5O/c1-2-15-14(12-21-22(15)16-5-3-4-8-19-16)17(23)20-10-7-13-6-9-18-11-13/h3-5,8,12-13,18H,2,6-7,9-11H2,1H3,(H,20,23). The quantitative estimate of drug-likeness (QED) is 0.849. The zero-order valence-electron chi connectivity index (χ0n) is 13.5. The summed E-state index contributed by atoms with van der Waals surface area (Å²) in [5.41, 5.74) is 1.53. The van der Waals surface area contributed by atoms with Gasteiger partial charge in [-0.3, -0.25) is 4.79 Å². The van der Waals surface area contributed by atoms with Gasteiger partial charge in [-0.2, -0.15) is 5.10 Å². The summed E-state index contributed by atoms with van der Waals surface area (Å²) in [5, 5.41) is 10.7. The summed E-state index contributed by atoms with van der Waals surface area (Å²) in [4.78, 5) is 16.7. The summed E-state index contributed by atoms with van der Waals surface area (Å²) in [7, 11) is 0.